The predicted octanol–water partition coefficient (Wildman–Crippen LogP) is 4.65. The number of alkyl carbamates (subject to hydrolysis) is 1. The zero-order valence-corrected chi connectivity index (χ0v) is 18.2. The van der Waals surface area contributed by atoms with E-state index in [0.717, 1.165) is 47.0 Å². The maximum Gasteiger partial charge on any atom is 0.407 e. The molecule has 0 bridgehead atoms. The van der Waals surface area contributed by atoms with Crippen LogP contribution in [0.15, 0.2) is 42.7 Å². The molecular weight excluding hydrogens is 378 g/mol. The predicted molar refractivity (Wildman–Crippen MR) is 118 cm³/mol. The van der Waals surface area contributed by atoms with Crippen LogP contribution in [0.4, 0.5) is 4.79 Å². The molecule has 0 radical (unpaired) electrons. The van der Waals surface area contributed by atoms with E-state index in [1.807, 2.05) is 50.5 Å². The van der Waals surface area contributed by atoms with Gasteiger partial charge in [0.05, 0.1) is 5.52 Å². The van der Waals surface area contributed by atoms with Crippen molar-refractivity contribution in [2.75, 3.05) is 6.61 Å². The highest BCUT2D eigenvalue weighted by Gasteiger charge is 2.16. The molecule has 0 aliphatic rings. The average Bonchev–Trinajstić information content (AvgIpc) is 3.08. The third-order valence-electron chi connectivity index (χ3n) is 4.91. The van der Waals surface area contributed by atoms with Crippen molar-refractivity contribution in [1.82, 2.24) is 14.9 Å². The molecule has 2 aromatic heterocycles. The van der Waals surface area contributed by atoms with Crippen molar-refractivity contribution in [3.05, 3.63) is 59.4 Å². The summed E-state index contributed by atoms with van der Waals surface area (Å²) in [4.78, 5) is 11.9. The summed E-state index contributed by atoms with van der Waals surface area (Å²) in [5.41, 5.74) is 6.16. The fourth-order valence-corrected chi connectivity index (χ4v) is 3.43. The quantitative estimate of drug-likeness (QED) is 0.557. The number of ether oxygens (including phenoxy) is 1. The number of carbonyl (C=O) groups is 1. The number of hydrogen-bond donors (Lipinski definition) is 2. The number of aryl methyl sites for hydroxylation is 2. The molecule has 160 valence electrons. The summed E-state index contributed by atoms with van der Waals surface area (Å²) in [6, 6.07) is 10.5. The lowest BCUT2D eigenvalue weighted by atomic mass is 9.99. The third kappa shape index (κ3) is 5.60. The first-order valence-electron chi connectivity index (χ1n) is 10.4. The van der Waals surface area contributed by atoms with Gasteiger partial charge in [0.2, 0.25) is 0 Å². The van der Waals surface area contributed by atoms with Crippen LogP contribution in [0.3, 0.4) is 0 Å². The van der Waals surface area contributed by atoms with Crippen molar-refractivity contribution in [2.24, 2.45) is 0 Å². The summed E-state index contributed by atoms with van der Waals surface area (Å²) < 4.78 is 7.22. The van der Waals surface area contributed by atoms with E-state index < -0.39 is 11.7 Å². The highest BCUT2D eigenvalue weighted by molar-refractivity contribution is 5.81. The Hall–Kier alpha value is -2.86. The van der Waals surface area contributed by atoms with Gasteiger partial charge in [-0.2, -0.15) is 5.10 Å². The number of carbonyl (C=O) groups excluding carboxylic acids is 1. The van der Waals surface area contributed by atoms with Gasteiger partial charge in [-0.3, -0.25) is 0 Å². The molecule has 2 heterocycles. The lowest BCUT2D eigenvalue weighted by molar-refractivity contribution is 0.0523. The first-order chi connectivity index (χ1) is 14.3. The Morgan fingerprint density at radius 2 is 2.00 bits per heavy atom. The number of nitrogens with one attached hydrogen (secondary N) is 1. The minimum Gasteiger partial charge on any atom is -0.444 e. The highest BCUT2D eigenvalue weighted by atomic mass is 16.6. The summed E-state index contributed by atoms with van der Waals surface area (Å²) in [5, 5.41) is 16.3. The Morgan fingerprint density at radius 3 is 2.70 bits per heavy atom. The van der Waals surface area contributed by atoms with Crippen LogP contribution in [0, 0.1) is 6.92 Å². The Balaban J connectivity index is 1.77. The number of nitrogens with zero attached hydrogens (tertiary/aromatic N) is 2. The Morgan fingerprint density at radius 1 is 1.20 bits per heavy atom. The van der Waals surface area contributed by atoms with Crippen molar-refractivity contribution in [3.8, 4) is 11.1 Å². The van der Waals surface area contributed by atoms with E-state index in [0.29, 0.717) is 6.54 Å². The molecule has 3 rings (SSSR count). The maximum absolute atomic E-state index is 11.9. The molecule has 0 saturated carbocycles. The number of amides is 1. The smallest absolute Gasteiger partial charge is 0.407 e. The van der Waals surface area contributed by atoms with E-state index in [4.69, 9.17) is 9.84 Å². The van der Waals surface area contributed by atoms with E-state index >= 15 is 0 Å². The molecule has 1 aromatic carbocycles. The number of aromatic nitrogens is 2. The SMILES string of the molecule is Cc1cc(-c2ccnn3cc(CCCCO)cc23)ccc1CNC(=O)OC(C)(C)C. The molecule has 2 N–H and O–H groups in total. The van der Waals surface area contributed by atoms with Crippen LogP contribution in [0.2, 0.25) is 0 Å². The van der Waals surface area contributed by atoms with E-state index in [2.05, 4.69) is 34.8 Å². The molecule has 0 aliphatic carbocycles. The van der Waals surface area contributed by atoms with Crippen molar-refractivity contribution in [3.63, 3.8) is 0 Å². The van der Waals surface area contributed by atoms with Gasteiger partial charge >= 0.3 is 6.09 Å². The zero-order chi connectivity index (χ0) is 21.7. The van der Waals surface area contributed by atoms with Gasteiger partial charge in [0.1, 0.15) is 5.60 Å². The molecule has 0 unspecified atom stereocenters. The number of fused-ring (bicyclic) bond motifs is 1. The fraction of sp³-hybridized carbons (Fsp3) is 0.417. The molecule has 0 fully saturated rings. The van der Waals surface area contributed by atoms with Gasteiger partial charge in [0.15, 0.2) is 0 Å². The van der Waals surface area contributed by atoms with Crippen molar-refractivity contribution >= 4 is 11.6 Å². The minimum absolute atomic E-state index is 0.227. The lowest BCUT2D eigenvalue weighted by Crippen LogP contribution is -2.32. The standard InChI is InChI=1S/C24H31N3O3/c1-17-13-19(8-9-20(17)15-25-23(29)30-24(2,3)4)21-10-11-26-27-16-18(14-22(21)27)7-5-6-12-28/h8-11,13-14,16,28H,5-7,12,15H2,1-4H3,(H,25,29). The largest absolute Gasteiger partial charge is 0.444 e. The Kier molecular flexibility index (Phi) is 6.77. The van der Waals surface area contributed by atoms with Crippen LogP contribution >= 0.6 is 0 Å². The van der Waals surface area contributed by atoms with Crippen LogP contribution in [0.25, 0.3) is 16.6 Å². The average molecular weight is 410 g/mol. The molecule has 1 amide bonds. The monoisotopic (exact) mass is 409 g/mol. The van der Waals surface area contributed by atoms with Gasteiger partial charge < -0.3 is 15.2 Å². The fourth-order valence-electron chi connectivity index (χ4n) is 3.43. The first kappa shape index (κ1) is 21.8. The second-order valence-corrected chi connectivity index (χ2v) is 8.60. The minimum atomic E-state index is -0.510. The van der Waals surface area contributed by atoms with Crippen LogP contribution in [0.5, 0.6) is 0 Å². The van der Waals surface area contributed by atoms with Gasteiger partial charge in [-0.1, -0.05) is 18.2 Å². The zero-order valence-electron chi connectivity index (χ0n) is 18.2. The van der Waals surface area contributed by atoms with Gasteiger partial charge in [-0.15, -0.1) is 0 Å². The molecule has 30 heavy (non-hydrogen) atoms. The number of benzene rings is 1. The van der Waals surface area contributed by atoms with Gasteiger partial charge in [-0.05, 0) is 81.3 Å². The van der Waals surface area contributed by atoms with Crippen molar-refractivity contribution < 1.29 is 14.6 Å². The normalized spacial score (nSPS) is 11.6. The van der Waals surface area contributed by atoms with E-state index in [1.165, 1.54) is 5.56 Å². The van der Waals surface area contributed by atoms with E-state index in [1.54, 1.807) is 0 Å². The van der Waals surface area contributed by atoms with E-state index in [9.17, 15) is 4.79 Å². The Labute approximate surface area is 177 Å². The van der Waals surface area contributed by atoms with Crippen LogP contribution in [0.1, 0.15) is 50.3 Å². The number of rotatable bonds is 7. The van der Waals surface area contributed by atoms with Gasteiger partial charge in [0.25, 0.3) is 0 Å². The van der Waals surface area contributed by atoms with Crippen LogP contribution < -0.4 is 5.32 Å². The summed E-state index contributed by atoms with van der Waals surface area (Å²) in [5.74, 6) is 0. The molecule has 3 aromatic rings. The summed E-state index contributed by atoms with van der Waals surface area (Å²) in [6.45, 7) is 8.25. The second-order valence-electron chi connectivity index (χ2n) is 8.60. The number of unbranched alkanes of at least 4 members (excludes halogenated alkanes) is 1. The molecule has 0 saturated heterocycles. The topological polar surface area (TPSA) is 75.9 Å². The molecular formula is C24H31N3O3. The summed E-state index contributed by atoms with van der Waals surface area (Å²) >= 11 is 0. The van der Waals surface area contributed by atoms with Crippen LogP contribution in [-0.2, 0) is 17.7 Å². The maximum atomic E-state index is 11.9. The van der Waals surface area contributed by atoms with Gasteiger partial charge in [-0.25, -0.2) is 9.31 Å². The van der Waals surface area contributed by atoms with Crippen molar-refractivity contribution in [2.45, 2.75) is 59.1 Å². The molecule has 0 spiro atoms. The highest BCUT2D eigenvalue weighted by Crippen LogP contribution is 2.27. The van der Waals surface area contributed by atoms with Crippen LogP contribution in [-0.4, -0.2) is 33.0 Å². The number of hydrogen-bond acceptors (Lipinski definition) is 4. The molecule has 6 heteroatoms. The summed E-state index contributed by atoms with van der Waals surface area (Å²) in [6.07, 6.45) is 6.15. The van der Waals surface area contributed by atoms with Gasteiger partial charge in [0, 0.05) is 31.1 Å². The summed E-state index contributed by atoms with van der Waals surface area (Å²) in [7, 11) is 0. The second kappa shape index (κ2) is 9.30. The third-order valence-corrected chi connectivity index (χ3v) is 4.91. The molecule has 0 atom stereocenters. The number of aliphatic hydroxyl groups excluding tert-OH is 1. The van der Waals surface area contributed by atoms with Crippen molar-refractivity contribution in [1.29, 1.82) is 0 Å². The lowest BCUT2D eigenvalue weighted by Gasteiger charge is -2.20. The first-order valence-corrected chi connectivity index (χ1v) is 10.4. The number of aliphatic hydroxyl groups is 1. The Bertz CT molecular complexity index is 1020. The van der Waals surface area contributed by atoms with E-state index in [-0.39, 0.29) is 6.61 Å². The molecule has 0 aliphatic heterocycles. The molecule has 6 nitrogen and oxygen atoms in total.